The summed E-state index contributed by atoms with van der Waals surface area (Å²) in [6, 6.07) is 14.8. The van der Waals surface area contributed by atoms with E-state index >= 15 is 0 Å². The van der Waals surface area contributed by atoms with Crippen LogP contribution in [-0.2, 0) is 9.53 Å². The van der Waals surface area contributed by atoms with E-state index in [1.165, 1.54) is 16.3 Å². The van der Waals surface area contributed by atoms with Crippen LogP contribution in [0, 0.1) is 5.92 Å². The van der Waals surface area contributed by atoms with E-state index in [1.807, 2.05) is 32.9 Å². The molecule has 2 aromatic carbocycles. The van der Waals surface area contributed by atoms with Gasteiger partial charge in [0.15, 0.2) is 0 Å². The summed E-state index contributed by atoms with van der Waals surface area (Å²) < 4.78 is 5.46. The first kappa shape index (κ1) is 13.2. The molecule has 1 aliphatic carbocycles. The molecule has 0 spiro atoms. The molecule has 0 aliphatic heterocycles. The summed E-state index contributed by atoms with van der Waals surface area (Å²) in [6.07, 6.45) is 0.910. The molecule has 1 aliphatic rings. The van der Waals surface area contributed by atoms with Gasteiger partial charge in [-0.05, 0) is 49.4 Å². The minimum Gasteiger partial charge on any atom is -0.460 e. The Balaban J connectivity index is 1.76. The van der Waals surface area contributed by atoms with Crippen molar-refractivity contribution >= 4 is 16.7 Å². The number of carbonyl (C=O) groups excluding carboxylic acids is 1. The average molecular weight is 268 g/mol. The van der Waals surface area contributed by atoms with Crippen LogP contribution in [0.5, 0.6) is 0 Å². The maximum Gasteiger partial charge on any atom is 0.310 e. The number of ether oxygens (including phenoxy) is 1. The minimum absolute atomic E-state index is 0.0374. The molecule has 104 valence electrons. The van der Waals surface area contributed by atoms with Gasteiger partial charge in [-0.1, -0.05) is 42.5 Å². The first-order valence-electron chi connectivity index (χ1n) is 7.15. The molecule has 2 aromatic rings. The lowest BCUT2D eigenvalue weighted by Gasteiger charge is -2.19. The largest absolute Gasteiger partial charge is 0.460 e. The van der Waals surface area contributed by atoms with Gasteiger partial charge in [0, 0.05) is 0 Å². The predicted molar refractivity (Wildman–Crippen MR) is 80.6 cm³/mol. The number of hydrogen-bond acceptors (Lipinski definition) is 2. The molecule has 2 heteroatoms. The van der Waals surface area contributed by atoms with Gasteiger partial charge in [0.05, 0.1) is 5.92 Å². The second-order valence-corrected chi connectivity index (χ2v) is 6.59. The molecule has 0 bridgehead atoms. The summed E-state index contributed by atoms with van der Waals surface area (Å²) in [4.78, 5) is 12.0. The van der Waals surface area contributed by atoms with Crippen molar-refractivity contribution in [3.05, 3.63) is 48.0 Å². The maximum atomic E-state index is 12.0. The van der Waals surface area contributed by atoms with Crippen LogP contribution in [0.3, 0.4) is 0 Å². The zero-order chi connectivity index (χ0) is 14.3. The standard InChI is InChI=1S/C18H20O2/c1-18(2,3)20-17(19)16-11-15(16)14-9-8-12-6-4-5-7-13(12)10-14/h4-10,15-16H,11H2,1-3H3/t15-,16+/m0/s1. The molecule has 0 N–H and O–H groups in total. The van der Waals surface area contributed by atoms with Gasteiger partial charge in [0.25, 0.3) is 0 Å². The molecule has 0 radical (unpaired) electrons. The van der Waals surface area contributed by atoms with Gasteiger partial charge < -0.3 is 4.74 Å². The summed E-state index contributed by atoms with van der Waals surface area (Å²) >= 11 is 0. The highest BCUT2D eigenvalue weighted by molar-refractivity contribution is 5.84. The highest BCUT2D eigenvalue weighted by atomic mass is 16.6. The lowest BCUT2D eigenvalue weighted by molar-refractivity contribution is -0.156. The van der Waals surface area contributed by atoms with Crippen molar-refractivity contribution in [2.75, 3.05) is 0 Å². The van der Waals surface area contributed by atoms with E-state index in [1.54, 1.807) is 0 Å². The third-order valence-corrected chi connectivity index (χ3v) is 3.70. The highest BCUT2D eigenvalue weighted by Gasteiger charge is 2.46. The molecular formula is C18H20O2. The molecule has 0 unspecified atom stereocenters. The van der Waals surface area contributed by atoms with Gasteiger partial charge >= 0.3 is 5.97 Å². The van der Waals surface area contributed by atoms with Crippen molar-refractivity contribution in [1.82, 2.24) is 0 Å². The van der Waals surface area contributed by atoms with E-state index in [2.05, 4.69) is 30.3 Å². The number of benzene rings is 2. The topological polar surface area (TPSA) is 26.3 Å². The SMILES string of the molecule is CC(C)(C)OC(=O)[C@@H]1C[C@H]1c1ccc2ccccc2c1. The zero-order valence-corrected chi connectivity index (χ0v) is 12.2. The highest BCUT2D eigenvalue weighted by Crippen LogP contribution is 2.49. The van der Waals surface area contributed by atoms with Crippen LogP contribution in [0.1, 0.15) is 38.7 Å². The fourth-order valence-electron chi connectivity index (χ4n) is 2.64. The van der Waals surface area contributed by atoms with Crippen molar-refractivity contribution in [1.29, 1.82) is 0 Å². The lowest BCUT2D eigenvalue weighted by Crippen LogP contribution is -2.25. The van der Waals surface area contributed by atoms with Gasteiger partial charge in [0.2, 0.25) is 0 Å². The quantitative estimate of drug-likeness (QED) is 0.760. The fourth-order valence-corrected chi connectivity index (χ4v) is 2.64. The third-order valence-electron chi connectivity index (χ3n) is 3.70. The lowest BCUT2D eigenvalue weighted by atomic mass is 10.0. The van der Waals surface area contributed by atoms with Crippen molar-refractivity contribution in [2.24, 2.45) is 5.92 Å². The molecule has 0 saturated heterocycles. The van der Waals surface area contributed by atoms with Crippen molar-refractivity contribution < 1.29 is 9.53 Å². The molecule has 0 amide bonds. The Hall–Kier alpha value is -1.83. The molecule has 0 aromatic heterocycles. The first-order chi connectivity index (χ1) is 9.44. The van der Waals surface area contributed by atoms with E-state index in [9.17, 15) is 4.79 Å². The van der Waals surface area contributed by atoms with E-state index in [-0.39, 0.29) is 11.9 Å². The molecule has 3 rings (SSSR count). The predicted octanol–water partition coefficient (Wildman–Crippen LogP) is 4.29. The van der Waals surface area contributed by atoms with Gasteiger partial charge in [-0.15, -0.1) is 0 Å². The van der Waals surface area contributed by atoms with E-state index in [0.29, 0.717) is 5.92 Å². The van der Waals surface area contributed by atoms with E-state index in [4.69, 9.17) is 4.74 Å². The first-order valence-corrected chi connectivity index (χ1v) is 7.15. The number of esters is 1. The van der Waals surface area contributed by atoms with Crippen LogP contribution < -0.4 is 0 Å². The molecule has 2 nitrogen and oxygen atoms in total. The molecule has 0 heterocycles. The molecule has 1 fully saturated rings. The fraction of sp³-hybridized carbons (Fsp3) is 0.389. The van der Waals surface area contributed by atoms with E-state index < -0.39 is 5.60 Å². The van der Waals surface area contributed by atoms with Crippen LogP contribution in [0.4, 0.5) is 0 Å². The Labute approximate surface area is 119 Å². The van der Waals surface area contributed by atoms with Crippen molar-refractivity contribution in [2.45, 2.75) is 38.7 Å². The van der Waals surface area contributed by atoms with Crippen LogP contribution in [0.2, 0.25) is 0 Å². The van der Waals surface area contributed by atoms with Gasteiger partial charge in [-0.3, -0.25) is 4.79 Å². The Morgan fingerprint density at radius 3 is 2.50 bits per heavy atom. The van der Waals surface area contributed by atoms with Gasteiger partial charge in [-0.2, -0.15) is 0 Å². The number of fused-ring (bicyclic) bond motifs is 1. The smallest absolute Gasteiger partial charge is 0.310 e. The second-order valence-electron chi connectivity index (χ2n) is 6.59. The molecular weight excluding hydrogens is 248 g/mol. The number of hydrogen-bond donors (Lipinski definition) is 0. The van der Waals surface area contributed by atoms with Gasteiger partial charge in [0.1, 0.15) is 5.60 Å². The summed E-state index contributed by atoms with van der Waals surface area (Å²) in [6.45, 7) is 5.74. The molecule has 20 heavy (non-hydrogen) atoms. The monoisotopic (exact) mass is 268 g/mol. The Kier molecular flexibility index (Phi) is 3.04. The van der Waals surface area contributed by atoms with Crippen LogP contribution >= 0.6 is 0 Å². The molecule has 1 saturated carbocycles. The van der Waals surface area contributed by atoms with Crippen LogP contribution in [0.25, 0.3) is 10.8 Å². The number of rotatable bonds is 2. The summed E-state index contributed by atoms with van der Waals surface area (Å²) in [7, 11) is 0. The molecule has 2 atom stereocenters. The average Bonchev–Trinajstić information content (AvgIpc) is 3.16. The van der Waals surface area contributed by atoms with Gasteiger partial charge in [-0.25, -0.2) is 0 Å². The Bertz CT molecular complexity index is 652. The maximum absolute atomic E-state index is 12.0. The summed E-state index contributed by atoms with van der Waals surface area (Å²) in [5.41, 5.74) is 0.854. The summed E-state index contributed by atoms with van der Waals surface area (Å²) in [5, 5.41) is 2.48. The Morgan fingerprint density at radius 1 is 1.10 bits per heavy atom. The minimum atomic E-state index is -0.395. The Morgan fingerprint density at radius 2 is 1.80 bits per heavy atom. The van der Waals surface area contributed by atoms with Crippen LogP contribution in [0.15, 0.2) is 42.5 Å². The van der Waals surface area contributed by atoms with E-state index in [0.717, 1.165) is 6.42 Å². The normalized spacial score (nSPS) is 21.8. The second kappa shape index (κ2) is 4.62. The van der Waals surface area contributed by atoms with Crippen molar-refractivity contribution in [3.63, 3.8) is 0 Å². The zero-order valence-electron chi connectivity index (χ0n) is 12.2. The number of carbonyl (C=O) groups is 1. The van der Waals surface area contributed by atoms with Crippen LogP contribution in [-0.4, -0.2) is 11.6 Å². The summed E-state index contributed by atoms with van der Waals surface area (Å²) in [5.74, 6) is 0.306. The van der Waals surface area contributed by atoms with Crippen molar-refractivity contribution in [3.8, 4) is 0 Å². The third kappa shape index (κ3) is 2.69.